The van der Waals surface area contributed by atoms with Crippen molar-refractivity contribution < 1.29 is 9.53 Å². The highest BCUT2D eigenvalue weighted by Gasteiger charge is 2.26. The van der Waals surface area contributed by atoms with Crippen molar-refractivity contribution in [3.05, 3.63) is 18.2 Å². The molecule has 2 aromatic rings. The molecule has 1 aromatic carbocycles. The number of benzene rings is 1. The predicted octanol–water partition coefficient (Wildman–Crippen LogP) is 1.07. The summed E-state index contributed by atoms with van der Waals surface area (Å²) in [7, 11) is 1.39. The molecule has 18 heavy (non-hydrogen) atoms. The lowest BCUT2D eigenvalue weighted by atomic mass is 10.3. The summed E-state index contributed by atoms with van der Waals surface area (Å²) >= 11 is 1.44. The molecule has 1 aliphatic rings. The molecule has 0 spiro atoms. The van der Waals surface area contributed by atoms with E-state index in [1.54, 1.807) is 0 Å². The Labute approximate surface area is 108 Å². The fourth-order valence-electron chi connectivity index (χ4n) is 1.95. The van der Waals surface area contributed by atoms with Crippen molar-refractivity contribution in [1.82, 2.24) is 13.9 Å². The number of hydrogen-bond donors (Lipinski definition) is 1. The highest BCUT2D eigenvalue weighted by Crippen LogP contribution is 2.35. The summed E-state index contributed by atoms with van der Waals surface area (Å²) in [6, 6.07) is 5.71. The van der Waals surface area contributed by atoms with Crippen molar-refractivity contribution >= 4 is 34.6 Å². The molecule has 2 heterocycles. The Balaban J connectivity index is 1.91. The van der Waals surface area contributed by atoms with Crippen LogP contribution in [0.15, 0.2) is 23.4 Å². The molecule has 0 unspecified atom stereocenters. The molecule has 3 rings (SSSR count). The van der Waals surface area contributed by atoms with Crippen LogP contribution in [0.5, 0.6) is 0 Å². The maximum Gasteiger partial charge on any atom is 0.320 e. The Kier molecular flexibility index (Phi) is 2.64. The minimum atomic E-state index is -0.253. The summed E-state index contributed by atoms with van der Waals surface area (Å²) in [5.41, 5.74) is 8.36. The topological polar surface area (TPSA) is 73.4 Å². The summed E-state index contributed by atoms with van der Waals surface area (Å²) in [5.74, 6) is -0.253. The average molecular weight is 264 g/mol. The number of fused-ring (bicyclic) bond motifs is 3. The van der Waals surface area contributed by atoms with Gasteiger partial charge in [0.1, 0.15) is 12.1 Å². The minimum absolute atomic E-state index is 0.244. The maximum absolute atomic E-state index is 11.2. The van der Waals surface area contributed by atoms with Crippen LogP contribution in [0.3, 0.4) is 0 Å². The molecule has 0 aliphatic carbocycles. The van der Waals surface area contributed by atoms with Gasteiger partial charge in [0.05, 0.1) is 25.0 Å². The standard InChI is InChI=1S/C11H12N4O2S/c1-17-9(16)5-14-6-15-8-4-2-3-7(12)10(8)13-11(15)18-14/h2-4H,5-6,12H2,1H3. The van der Waals surface area contributed by atoms with Crippen LogP contribution >= 0.6 is 11.9 Å². The average Bonchev–Trinajstić information content (AvgIpc) is 2.87. The van der Waals surface area contributed by atoms with Crippen molar-refractivity contribution in [2.24, 2.45) is 0 Å². The minimum Gasteiger partial charge on any atom is -0.468 e. The summed E-state index contributed by atoms with van der Waals surface area (Å²) in [5, 5.41) is 0.854. The highest BCUT2D eigenvalue weighted by molar-refractivity contribution is 7.97. The van der Waals surface area contributed by atoms with Gasteiger partial charge in [0.2, 0.25) is 0 Å². The van der Waals surface area contributed by atoms with Crippen molar-refractivity contribution in [2.75, 3.05) is 19.4 Å². The monoisotopic (exact) mass is 264 g/mol. The number of para-hydroxylation sites is 1. The largest absolute Gasteiger partial charge is 0.468 e. The lowest BCUT2D eigenvalue weighted by Gasteiger charge is -2.11. The van der Waals surface area contributed by atoms with Gasteiger partial charge in [0.25, 0.3) is 0 Å². The smallest absolute Gasteiger partial charge is 0.320 e. The SMILES string of the molecule is COC(=O)CN1Cn2c(nc3c(N)cccc32)S1. The number of nitrogens with two attached hydrogens (primary N) is 1. The third-order valence-electron chi connectivity index (χ3n) is 2.82. The Hall–Kier alpha value is -1.73. The molecule has 0 amide bonds. The zero-order valence-corrected chi connectivity index (χ0v) is 10.6. The van der Waals surface area contributed by atoms with E-state index in [2.05, 4.69) is 9.72 Å². The number of ether oxygens (including phenoxy) is 1. The summed E-state index contributed by atoms with van der Waals surface area (Å²) < 4.78 is 8.59. The number of methoxy groups -OCH3 is 1. The lowest BCUT2D eigenvalue weighted by Crippen LogP contribution is -2.22. The molecule has 6 nitrogen and oxygen atoms in total. The molecular weight excluding hydrogens is 252 g/mol. The van der Waals surface area contributed by atoms with E-state index in [-0.39, 0.29) is 12.5 Å². The molecular formula is C11H12N4O2S. The van der Waals surface area contributed by atoms with E-state index in [0.29, 0.717) is 12.4 Å². The highest BCUT2D eigenvalue weighted by atomic mass is 32.2. The summed E-state index contributed by atoms with van der Waals surface area (Å²) in [4.78, 5) is 15.7. The van der Waals surface area contributed by atoms with Crippen LogP contribution in [0, 0.1) is 0 Å². The van der Waals surface area contributed by atoms with Crippen molar-refractivity contribution in [2.45, 2.75) is 11.8 Å². The third kappa shape index (κ3) is 1.72. The molecule has 0 atom stereocenters. The molecule has 7 heteroatoms. The van der Waals surface area contributed by atoms with Crippen LogP contribution in [-0.2, 0) is 16.2 Å². The second kappa shape index (κ2) is 4.18. The number of aromatic nitrogens is 2. The van der Waals surface area contributed by atoms with E-state index < -0.39 is 0 Å². The van der Waals surface area contributed by atoms with E-state index >= 15 is 0 Å². The lowest BCUT2D eigenvalue weighted by molar-refractivity contribution is -0.140. The van der Waals surface area contributed by atoms with Crippen molar-refractivity contribution in [1.29, 1.82) is 0 Å². The number of hydrogen-bond acceptors (Lipinski definition) is 6. The van der Waals surface area contributed by atoms with Crippen LogP contribution in [0.25, 0.3) is 11.0 Å². The maximum atomic E-state index is 11.2. The van der Waals surface area contributed by atoms with Gasteiger partial charge in [0, 0.05) is 0 Å². The first-order valence-electron chi connectivity index (χ1n) is 5.43. The van der Waals surface area contributed by atoms with Crippen molar-refractivity contribution in [3.63, 3.8) is 0 Å². The zero-order chi connectivity index (χ0) is 12.7. The Morgan fingerprint density at radius 3 is 3.22 bits per heavy atom. The zero-order valence-electron chi connectivity index (χ0n) is 9.79. The van der Waals surface area contributed by atoms with Gasteiger partial charge in [-0.3, -0.25) is 4.79 Å². The van der Waals surface area contributed by atoms with E-state index in [1.807, 2.05) is 27.1 Å². The molecule has 0 bridgehead atoms. The number of nitrogens with zero attached hydrogens (tertiary/aromatic N) is 3. The van der Waals surface area contributed by atoms with Crippen LogP contribution in [0.2, 0.25) is 0 Å². The van der Waals surface area contributed by atoms with Crippen LogP contribution in [0.1, 0.15) is 0 Å². The van der Waals surface area contributed by atoms with E-state index in [0.717, 1.165) is 16.2 Å². The molecule has 1 aromatic heterocycles. The number of carbonyl (C=O) groups excluding carboxylic acids is 1. The molecule has 94 valence electrons. The second-order valence-electron chi connectivity index (χ2n) is 3.99. The van der Waals surface area contributed by atoms with Gasteiger partial charge in [-0.2, -0.15) is 0 Å². The van der Waals surface area contributed by atoms with E-state index in [4.69, 9.17) is 5.73 Å². The summed E-state index contributed by atoms with van der Waals surface area (Å²) in [6.07, 6.45) is 0. The molecule has 0 saturated carbocycles. The predicted molar refractivity (Wildman–Crippen MR) is 68.7 cm³/mol. The van der Waals surface area contributed by atoms with E-state index in [1.165, 1.54) is 19.1 Å². The van der Waals surface area contributed by atoms with E-state index in [9.17, 15) is 4.79 Å². The number of carbonyl (C=O) groups is 1. The first-order chi connectivity index (χ1) is 8.69. The van der Waals surface area contributed by atoms with Gasteiger partial charge >= 0.3 is 5.97 Å². The Bertz CT molecular complexity index is 625. The van der Waals surface area contributed by atoms with Crippen LogP contribution in [0.4, 0.5) is 5.69 Å². The second-order valence-corrected chi connectivity index (χ2v) is 5.05. The molecule has 1 aliphatic heterocycles. The van der Waals surface area contributed by atoms with Crippen molar-refractivity contribution in [3.8, 4) is 0 Å². The first kappa shape index (κ1) is 11.4. The fraction of sp³-hybridized carbons (Fsp3) is 0.273. The number of imidazole rings is 1. The Morgan fingerprint density at radius 1 is 1.61 bits per heavy atom. The third-order valence-corrected chi connectivity index (χ3v) is 3.80. The van der Waals surface area contributed by atoms with Crippen LogP contribution in [-0.4, -0.2) is 33.5 Å². The fourth-order valence-corrected chi connectivity index (χ4v) is 2.91. The van der Waals surface area contributed by atoms with Gasteiger partial charge in [-0.15, -0.1) is 0 Å². The van der Waals surface area contributed by atoms with Crippen LogP contribution < -0.4 is 5.73 Å². The van der Waals surface area contributed by atoms with Gasteiger partial charge in [-0.25, -0.2) is 9.29 Å². The number of esters is 1. The van der Waals surface area contributed by atoms with Gasteiger partial charge < -0.3 is 15.0 Å². The summed E-state index contributed by atoms with van der Waals surface area (Å²) in [6.45, 7) is 0.851. The molecule has 0 fully saturated rings. The number of anilines is 1. The Morgan fingerprint density at radius 2 is 2.44 bits per heavy atom. The number of nitrogen functional groups attached to an aromatic ring is 1. The normalized spacial score (nSPS) is 14.9. The molecule has 0 saturated heterocycles. The molecule has 2 N–H and O–H groups in total. The first-order valence-corrected chi connectivity index (χ1v) is 6.21. The van der Waals surface area contributed by atoms with Gasteiger partial charge in [0.15, 0.2) is 5.16 Å². The quantitative estimate of drug-likeness (QED) is 0.497. The van der Waals surface area contributed by atoms with Gasteiger partial charge in [-0.1, -0.05) is 6.07 Å². The van der Waals surface area contributed by atoms with Gasteiger partial charge in [-0.05, 0) is 24.1 Å². The number of rotatable bonds is 2. The molecule has 0 radical (unpaired) electrons.